The van der Waals surface area contributed by atoms with Crippen LogP contribution >= 0.6 is 11.6 Å². The molecule has 0 atom stereocenters. The quantitative estimate of drug-likeness (QED) is 0.711. The molecule has 0 aromatic carbocycles. The third kappa shape index (κ3) is 1.39. The Hall–Kier alpha value is -1.03. The Morgan fingerprint density at radius 3 is 2.86 bits per heavy atom. The summed E-state index contributed by atoms with van der Waals surface area (Å²) in [6, 6.07) is 0. The number of methoxy groups -OCH3 is 1. The van der Waals surface area contributed by atoms with E-state index in [1.165, 1.54) is 7.11 Å². The highest BCUT2D eigenvalue weighted by Crippen LogP contribution is 2.39. The minimum atomic E-state index is -0.474. The monoisotopic (exact) mass is 215 g/mol. The smallest absolute Gasteiger partial charge is 0.344 e. The van der Waals surface area contributed by atoms with Gasteiger partial charge in [0.25, 0.3) is 0 Å². The molecule has 0 unspecified atom stereocenters. The van der Waals surface area contributed by atoms with Crippen molar-refractivity contribution in [2.75, 3.05) is 7.11 Å². The number of hydrogen-bond acceptors (Lipinski definition) is 4. The molecule has 1 fully saturated rings. The molecule has 4 nitrogen and oxygen atoms in total. The lowest BCUT2D eigenvalue weighted by molar-refractivity contribution is 0.0598. The number of nitrogens with zero attached hydrogens (tertiary/aromatic N) is 1. The number of carbonyl (C=O) groups is 1. The van der Waals surface area contributed by atoms with E-state index < -0.39 is 5.97 Å². The van der Waals surface area contributed by atoms with Gasteiger partial charge in [-0.3, -0.25) is 0 Å². The summed E-state index contributed by atoms with van der Waals surface area (Å²) in [5.41, 5.74) is 0.937. The average molecular weight is 216 g/mol. The molecular formula is C9H10ClNO3. The summed E-state index contributed by atoms with van der Waals surface area (Å²) in [5, 5.41) is 3.83. The molecule has 1 aromatic rings. The van der Waals surface area contributed by atoms with E-state index in [9.17, 15) is 4.79 Å². The number of halogens is 1. The van der Waals surface area contributed by atoms with Gasteiger partial charge in [-0.1, -0.05) is 11.6 Å². The van der Waals surface area contributed by atoms with Crippen molar-refractivity contribution in [1.29, 1.82) is 0 Å². The van der Waals surface area contributed by atoms with Gasteiger partial charge in [0.2, 0.25) is 5.22 Å². The molecular weight excluding hydrogens is 206 g/mol. The first-order valence-corrected chi connectivity index (χ1v) is 4.85. The van der Waals surface area contributed by atoms with Crippen molar-refractivity contribution in [2.45, 2.75) is 25.2 Å². The van der Waals surface area contributed by atoms with Crippen molar-refractivity contribution in [3.63, 3.8) is 0 Å². The van der Waals surface area contributed by atoms with Gasteiger partial charge >= 0.3 is 5.97 Å². The summed E-state index contributed by atoms with van der Waals surface area (Å²) in [6.07, 6.45) is 3.23. The standard InChI is InChI=1S/C9H10ClNO3/c1-13-9(12)6-7(5-3-2-4-5)11-14-8(6)10/h5H,2-4H2,1H3. The van der Waals surface area contributed by atoms with E-state index in [4.69, 9.17) is 16.1 Å². The van der Waals surface area contributed by atoms with Gasteiger partial charge < -0.3 is 9.26 Å². The molecule has 0 radical (unpaired) electrons. The first-order chi connectivity index (χ1) is 6.74. The fraction of sp³-hybridized carbons (Fsp3) is 0.556. The lowest BCUT2D eigenvalue weighted by atomic mass is 9.81. The molecule has 1 aromatic heterocycles. The first kappa shape index (κ1) is 9.52. The number of rotatable bonds is 2. The molecule has 1 aliphatic rings. The molecule has 0 aliphatic heterocycles. The first-order valence-electron chi connectivity index (χ1n) is 4.47. The highest BCUT2D eigenvalue weighted by Gasteiger charge is 2.31. The van der Waals surface area contributed by atoms with Crippen LogP contribution in [-0.4, -0.2) is 18.2 Å². The summed E-state index contributed by atoms with van der Waals surface area (Å²) in [5.74, 6) is -0.168. The van der Waals surface area contributed by atoms with Gasteiger partial charge in [0.15, 0.2) is 0 Å². The van der Waals surface area contributed by atoms with Crippen LogP contribution in [0.25, 0.3) is 0 Å². The molecule has 1 aliphatic carbocycles. The van der Waals surface area contributed by atoms with Gasteiger partial charge in [-0.15, -0.1) is 0 Å². The van der Waals surface area contributed by atoms with E-state index in [0.29, 0.717) is 17.2 Å². The number of hydrogen-bond donors (Lipinski definition) is 0. The average Bonchev–Trinajstić information content (AvgIpc) is 2.44. The number of esters is 1. The third-order valence-corrected chi connectivity index (χ3v) is 2.82. The van der Waals surface area contributed by atoms with E-state index in [1.807, 2.05) is 0 Å². The second-order valence-corrected chi connectivity index (χ2v) is 3.68. The van der Waals surface area contributed by atoms with E-state index in [1.54, 1.807) is 0 Å². The van der Waals surface area contributed by atoms with Crippen molar-refractivity contribution in [2.24, 2.45) is 0 Å². The Morgan fingerprint density at radius 2 is 2.36 bits per heavy atom. The van der Waals surface area contributed by atoms with Crippen LogP contribution in [0.1, 0.15) is 41.2 Å². The molecule has 14 heavy (non-hydrogen) atoms. The maximum atomic E-state index is 11.4. The second kappa shape index (κ2) is 3.61. The van der Waals surface area contributed by atoms with Gasteiger partial charge in [-0.2, -0.15) is 0 Å². The minimum Gasteiger partial charge on any atom is -0.465 e. The third-order valence-electron chi connectivity index (χ3n) is 2.56. The highest BCUT2D eigenvalue weighted by molar-refractivity contribution is 6.31. The SMILES string of the molecule is COC(=O)c1c(C2CCC2)noc1Cl. The van der Waals surface area contributed by atoms with Gasteiger partial charge in [-0.25, -0.2) is 4.79 Å². The Morgan fingerprint density at radius 1 is 1.64 bits per heavy atom. The van der Waals surface area contributed by atoms with Crippen LogP contribution < -0.4 is 0 Å². The summed E-state index contributed by atoms with van der Waals surface area (Å²) in [6.45, 7) is 0. The Bertz CT molecular complexity index is 357. The molecule has 1 heterocycles. The van der Waals surface area contributed by atoms with Gasteiger partial charge in [0.1, 0.15) is 11.3 Å². The maximum Gasteiger partial charge on any atom is 0.344 e. The molecule has 2 rings (SSSR count). The zero-order valence-electron chi connectivity index (χ0n) is 7.75. The predicted molar refractivity (Wildman–Crippen MR) is 49.4 cm³/mol. The van der Waals surface area contributed by atoms with E-state index in [-0.39, 0.29) is 5.22 Å². The maximum absolute atomic E-state index is 11.4. The van der Waals surface area contributed by atoms with Gasteiger partial charge in [-0.05, 0) is 24.4 Å². The summed E-state index contributed by atoms with van der Waals surface area (Å²) < 4.78 is 9.40. The molecule has 0 saturated heterocycles. The highest BCUT2D eigenvalue weighted by atomic mass is 35.5. The molecule has 0 amide bonds. The topological polar surface area (TPSA) is 52.3 Å². The zero-order chi connectivity index (χ0) is 10.1. The summed E-state index contributed by atoms with van der Waals surface area (Å²) >= 11 is 5.71. The molecule has 0 spiro atoms. The van der Waals surface area contributed by atoms with Crippen LogP contribution in [0.4, 0.5) is 0 Å². The van der Waals surface area contributed by atoms with Crippen molar-refractivity contribution >= 4 is 17.6 Å². The Kier molecular flexibility index (Phi) is 2.46. The van der Waals surface area contributed by atoms with E-state index in [0.717, 1.165) is 19.3 Å². The van der Waals surface area contributed by atoms with Crippen LogP contribution in [-0.2, 0) is 4.74 Å². The van der Waals surface area contributed by atoms with Crippen LogP contribution in [0.15, 0.2) is 4.52 Å². The summed E-state index contributed by atoms with van der Waals surface area (Å²) in [4.78, 5) is 11.4. The van der Waals surface area contributed by atoms with Crippen LogP contribution in [0, 0.1) is 0 Å². The fourth-order valence-corrected chi connectivity index (χ4v) is 1.74. The van der Waals surface area contributed by atoms with Crippen molar-refractivity contribution in [3.05, 3.63) is 16.5 Å². The number of carbonyl (C=O) groups excluding carboxylic acids is 1. The second-order valence-electron chi connectivity index (χ2n) is 3.34. The Balaban J connectivity index is 2.34. The number of ether oxygens (including phenoxy) is 1. The van der Waals surface area contributed by atoms with Crippen LogP contribution in [0.5, 0.6) is 0 Å². The lowest BCUT2D eigenvalue weighted by Crippen LogP contribution is -2.14. The van der Waals surface area contributed by atoms with Gasteiger partial charge in [0, 0.05) is 5.92 Å². The molecule has 0 N–H and O–H groups in total. The van der Waals surface area contributed by atoms with Crippen molar-refractivity contribution in [3.8, 4) is 0 Å². The fourth-order valence-electron chi connectivity index (χ4n) is 1.53. The molecule has 1 saturated carbocycles. The number of aromatic nitrogens is 1. The lowest BCUT2D eigenvalue weighted by Gasteiger charge is -2.23. The minimum absolute atomic E-state index is 0.0266. The molecule has 5 heteroatoms. The Labute approximate surface area is 86.2 Å². The van der Waals surface area contributed by atoms with E-state index in [2.05, 4.69) is 9.89 Å². The molecule has 0 bridgehead atoms. The van der Waals surface area contributed by atoms with E-state index >= 15 is 0 Å². The zero-order valence-corrected chi connectivity index (χ0v) is 8.50. The summed E-state index contributed by atoms with van der Waals surface area (Å²) in [7, 11) is 1.32. The van der Waals surface area contributed by atoms with Crippen LogP contribution in [0.2, 0.25) is 5.22 Å². The largest absolute Gasteiger partial charge is 0.465 e. The van der Waals surface area contributed by atoms with Gasteiger partial charge in [0.05, 0.1) is 7.11 Å². The van der Waals surface area contributed by atoms with Crippen molar-refractivity contribution < 1.29 is 14.1 Å². The van der Waals surface area contributed by atoms with Crippen LogP contribution in [0.3, 0.4) is 0 Å². The predicted octanol–water partition coefficient (Wildman–Crippen LogP) is 2.38. The normalized spacial score (nSPS) is 16.4. The molecule has 76 valence electrons. The van der Waals surface area contributed by atoms with Crippen molar-refractivity contribution in [1.82, 2.24) is 5.16 Å².